The number of hydrogen-bond donors (Lipinski definition) is 0. The van der Waals surface area contributed by atoms with Gasteiger partial charge < -0.3 is 14.2 Å². The second-order valence-electron chi connectivity index (χ2n) is 18.5. The van der Waals surface area contributed by atoms with Crippen molar-refractivity contribution in [2.75, 3.05) is 13.2 Å². The molecule has 0 rings (SSSR count). The molecular formula is C56H104O6. The summed E-state index contributed by atoms with van der Waals surface area (Å²) in [7, 11) is 0. The molecule has 1 atom stereocenters. The van der Waals surface area contributed by atoms with Crippen LogP contribution in [-0.4, -0.2) is 37.2 Å². The molecule has 0 fully saturated rings. The van der Waals surface area contributed by atoms with Gasteiger partial charge in [-0.3, -0.25) is 14.4 Å². The molecule has 0 aromatic heterocycles. The molecule has 0 spiro atoms. The Morgan fingerprint density at radius 1 is 0.306 bits per heavy atom. The van der Waals surface area contributed by atoms with E-state index in [-0.39, 0.29) is 31.1 Å². The molecule has 6 heteroatoms. The minimum Gasteiger partial charge on any atom is -0.462 e. The Morgan fingerprint density at radius 2 is 0.548 bits per heavy atom. The molecule has 0 aliphatic rings. The third-order valence-corrected chi connectivity index (χ3v) is 12.2. The van der Waals surface area contributed by atoms with Crippen LogP contribution in [-0.2, 0) is 28.6 Å². The highest BCUT2D eigenvalue weighted by atomic mass is 16.6. The number of hydrogen-bond acceptors (Lipinski definition) is 6. The van der Waals surface area contributed by atoms with Gasteiger partial charge in [0.05, 0.1) is 0 Å². The molecule has 0 aliphatic heterocycles. The van der Waals surface area contributed by atoms with Gasteiger partial charge in [0, 0.05) is 19.3 Å². The summed E-state index contributed by atoms with van der Waals surface area (Å²) in [5.74, 6) is -0.870. The fraction of sp³-hybridized carbons (Fsp3) is 0.875. The number of allylic oxidation sites excluding steroid dienone is 4. The lowest BCUT2D eigenvalue weighted by Gasteiger charge is -2.18. The molecule has 0 unspecified atom stereocenters. The first-order valence-corrected chi connectivity index (χ1v) is 27.3. The second-order valence-corrected chi connectivity index (χ2v) is 18.5. The molecule has 0 aromatic carbocycles. The van der Waals surface area contributed by atoms with Crippen LogP contribution in [0, 0.1) is 0 Å². The Bertz CT molecular complexity index is 1000. The highest BCUT2D eigenvalue weighted by Crippen LogP contribution is 2.16. The standard InChI is InChI=1S/C56H104O6/c1-4-7-10-13-16-19-22-24-26-28-30-31-34-37-40-43-46-49-55(58)61-52-53(51-60-54(57)48-45-42-39-36-33-21-18-15-12-9-6-3)62-56(59)50-47-44-41-38-35-32-29-27-25-23-20-17-14-11-8-5-2/h15,18,24,26,53H,4-14,16-17,19-23,25,27-52H2,1-3H3/b18-15-,26-24-/t53-/m1/s1. The van der Waals surface area contributed by atoms with E-state index in [1.807, 2.05) is 0 Å². The SMILES string of the molecule is CCCC/C=C\CCCCCCCC(=O)OC[C@H](COC(=O)CCCCCCCCC/C=C\CCCCCCCC)OC(=O)CCCCCCCCCCCCCCCCCC. The van der Waals surface area contributed by atoms with E-state index in [2.05, 4.69) is 45.1 Å². The van der Waals surface area contributed by atoms with E-state index < -0.39 is 6.10 Å². The van der Waals surface area contributed by atoms with E-state index in [0.717, 1.165) is 64.2 Å². The van der Waals surface area contributed by atoms with Crippen LogP contribution >= 0.6 is 0 Å². The van der Waals surface area contributed by atoms with Gasteiger partial charge in [-0.1, -0.05) is 238 Å². The zero-order chi connectivity index (χ0) is 45.1. The van der Waals surface area contributed by atoms with E-state index in [1.165, 1.54) is 193 Å². The number of ether oxygens (including phenoxy) is 3. The van der Waals surface area contributed by atoms with Gasteiger partial charge in [-0.2, -0.15) is 0 Å². The van der Waals surface area contributed by atoms with Gasteiger partial charge in [-0.25, -0.2) is 0 Å². The van der Waals surface area contributed by atoms with E-state index >= 15 is 0 Å². The van der Waals surface area contributed by atoms with Crippen LogP contribution in [0.25, 0.3) is 0 Å². The molecule has 0 heterocycles. The Kier molecular flexibility index (Phi) is 49.8. The van der Waals surface area contributed by atoms with Crippen LogP contribution in [0.5, 0.6) is 0 Å². The van der Waals surface area contributed by atoms with E-state index in [9.17, 15) is 14.4 Å². The minimum absolute atomic E-state index is 0.0723. The summed E-state index contributed by atoms with van der Waals surface area (Å²) in [4.78, 5) is 38.0. The molecule has 364 valence electrons. The van der Waals surface area contributed by atoms with Crippen molar-refractivity contribution in [1.29, 1.82) is 0 Å². The molecule has 0 aromatic rings. The van der Waals surface area contributed by atoms with Gasteiger partial charge in [0.1, 0.15) is 13.2 Å². The lowest BCUT2D eigenvalue weighted by molar-refractivity contribution is -0.167. The number of esters is 3. The van der Waals surface area contributed by atoms with Crippen molar-refractivity contribution < 1.29 is 28.6 Å². The van der Waals surface area contributed by atoms with Crippen LogP contribution in [0.2, 0.25) is 0 Å². The summed E-state index contributed by atoms with van der Waals surface area (Å²) < 4.78 is 16.8. The van der Waals surface area contributed by atoms with Crippen molar-refractivity contribution in [2.24, 2.45) is 0 Å². The lowest BCUT2D eigenvalue weighted by Crippen LogP contribution is -2.30. The predicted octanol–water partition coefficient (Wildman–Crippen LogP) is 17.9. The van der Waals surface area contributed by atoms with Crippen molar-refractivity contribution in [3.8, 4) is 0 Å². The van der Waals surface area contributed by atoms with Crippen molar-refractivity contribution in [3.05, 3.63) is 24.3 Å². The van der Waals surface area contributed by atoms with Gasteiger partial charge in [0.15, 0.2) is 6.10 Å². The number of rotatable bonds is 50. The first-order chi connectivity index (χ1) is 30.5. The largest absolute Gasteiger partial charge is 0.462 e. The fourth-order valence-electron chi connectivity index (χ4n) is 8.01. The van der Waals surface area contributed by atoms with Crippen LogP contribution in [0.15, 0.2) is 24.3 Å². The lowest BCUT2D eigenvalue weighted by atomic mass is 10.0. The maximum absolute atomic E-state index is 12.8. The van der Waals surface area contributed by atoms with E-state index in [4.69, 9.17) is 14.2 Å². The Balaban J connectivity index is 4.31. The molecule has 0 radical (unpaired) electrons. The zero-order valence-electron chi connectivity index (χ0n) is 41.7. The predicted molar refractivity (Wildman–Crippen MR) is 266 cm³/mol. The molecule has 0 bridgehead atoms. The number of carbonyl (C=O) groups is 3. The zero-order valence-corrected chi connectivity index (χ0v) is 41.7. The molecular weight excluding hydrogens is 769 g/mol. The molecule has 62 heavy (non-hydrogen) atoms. The summed E-state index contributed by atoms with van der Waals surface area (Å²) >= 11 is 0. The Labute approximate surface area is 385 Å². The summed E-state index contributed by atoms with van der Waals surface area (Å²) in [6.45, 7) is 6.62. The van der Waals surface area contributed by atoms with Gasteiger partial charge >= 0.3 is 17.9 Å². The fourth-order valence-corrected chi connectivity index (χ4v) is 8.01. The topological polar surface area (TPSA) is 78.9 Å². The van der Waals surface area contributed by atoms with Gasteiger partial charge in [-0.15, -0.1) is 0 Å². The van der Waals surface area contributed by atoms with Gasteiger partial charge in [-0.05, 0) is 64.2 Å². The quantitative estimate of drug-likeness (QED) is 0.0262. The highest BCUT2D eigenvalue weighted by Gasteiger charge is 2.19. The number of carbonyl (C=O) groups excluding carboxylic acids is 3. The van der Waals surface area contributed by atoms with Crippen LogP contribution in [0.4, 0.5) is 0 Å². The van der Waals surface area contributed by atoms with E-state index in [1.54, 1.807) is 0 Å². The van der Waals surface area contributed by atoms with Gasteiger partial charge in [0.25, 0.3) is 0 Å². The maximum Gasteiger partial charge on any atom is 0.306 e. The Hall–Kier alpha value is -2.11. The summed E-state index contributed by atoms with van der Waals surface area (Å²) in [5, 5.41) is 0. The van der Waals surface area contributed by atoms with Gasteiger partial charge in [0.2, 0.25) is 0 Å². The second kappa shape index (κ2) is 51.5. The van der Waals surface area contributed by atoms with Crippen molar-refractivity contribution in [3.63, 3.8) is 0 Å². The van der Waals surface area contributed by atoms with Crippen molar-refractivity contribution >= 4 is 17.9 Å². The molecule has 0 aliphatic carbocycles. The summed E-state index contributed by atoms with van der Waals surface area (Å²) in [5.41, 5.74) is 0. The smallest absolute Gasteiger partial charge is 0.306 e. The van der Waals surface area contributed by atoms with Crippen LogP contribution < -0.4 is 0 Å². The van der Waals surface area contributed by atoms with Crippen LogP contribution in [0.3, 0.4) is 0 Å². The normalized spacial score (nSPS) is 12.1. The molecule has 0 N–H and O–H groups in total. The van der Waals surface area contributed by atoms with E-state index in [0.29, 0.717) is 19.3 Å². The maximum atomic E-state index is 12.8. The van der Waals surface area contributed by atoms with Crippen molar-refractivity contribution in [2.45, 2.75) is 303 Å². The average molecular weight is 873 g/mol. The number of unbranched alkanes of at least 4 members (excludes halogenated alkanes) is 35. The molecule has 0 saturated heterocycles. The first kappa shape index (κ1) is 59.9. The molecule has 0 amide bonds. The first-order valence-electron chi connectivity index (χ1n) is 27.3. The summed E-state index contributed by atoms with van der Waals surface area (Å²) in [6.07, 6.45) is 58.8. The van der Waals surface area contributed by atoms with Crippen LogP contribution in [0.1, 0.15) is 297 Å². The molecule has 6 nitrogen and oxygen atoms in total. The Morgan fingerprint density at radius 3 is 0.855 bits per heavy atom. The average Bonchev–Trinajstić information content (AvgIpc) is 3.27. The third-order valence-electron chi connectivity index (χ3n) is 12.2. The third kappa shape index (κ3) is 48.9. The minimum atomic E-state index is -0.771. The monoisotopic (exact) mass is 873 g/mol. The van der Waals surface area contributed by atoms with Crippen molar-refractivity contribution in [1.82, 2.24) is 0 Å². The molecule has 0 saturated carbocycles. The highest BCUT2D eigenvalue weighted by molar-refractivity contribution is 5.71. The summed E-state index contributed by atoms with van der Waals surface area (Å²) in [6, 6.07) is 0.